The lowest BCUT2D eigenvalue weighted by Gasteiger charge is -2.25. The number of halogens is 6. The molecule has 0 saturated carbocycles. The Balaban J connectivity index is 2.04. The van der Waals surface area contributed by atoms with Gasteiger partial charge in [-0.15, -0.1) is 0 Å². The molecule has 1 amide bonds. The van der Waals surface area contributed by atoms with Gasteiger partial charge in [0.2, 0.25) is 5.91 Å². The van der Waals surface area contributed by atoms with Gasteiger partial charge >= 0.3 is 12.4 Å². The number of hydrogen-bond donors (Lipinski definition) is 1. The summed E-state index contributed by atoms with van der Waals surface area (Å²) < 4.78 is 123. The smallest absolute Gasteiger partial charge is 0.416 e. The van der Waals surface area contributed by atoms with E-state index < -0.39 is 51.6 Å². The fourth-order valence-corrected chi connectivity index (χ4v) is 4.96. The van der Waals surface area contributed by atoms with Crippen LogP contribution in [0.3, 0.4) is 0 Å². The minimum absolute atomic E-state index is 0.0475. The summed E-state index contributed by atoms with van der Waals surface area (Å²) in [5.41, 5.74) is -4.18. The molecule has 0 saturated heterocycles. The summed E-state index contributed by atoms with van der Waals surface area (Å²) in [6.07, 6.45) is -10.3. The van der Waals surface area contributed by atoms with E-state index in [1.807, 2.05) is 5.32 Å². The number of rotatable bonds is 9. The zero-order valence-electron chi connectivity index (χ0n) is 21.1. The first-order chi connectivity index (χ1) is 18.6. The van der Waals surface area contributed by atoms with Crippen LogP contribution in [0.4, 0.5) is 37.7 Å². The summed E-state index contributed by atoms with van der Waals surface area (Å²) in [5.74, 6) is -0.612. The quantitative estimate of drug-likeness (QED) is 0.326. The molecule has 0 aliphatic carbocycles. The second kappa shape index (κ2) is 11.5. The molecule has 216 valence electrons. The van der Waals surface area contributed by atoms with Crippen molar-refractivity contribution >= 4 is 27.3 Å². The lowest BCUT2D eigenvalue weighted by atomic mass is 10.1. The molecule has 8 nitrogen and oxygen atoms in total. The van der Waals surface area contributed by atoms with Gasteiger partial charge in [0, 0.05) is 11.8 Å². The van der Waals surface area contributed by atoms with Crippen molar-refractivity contribution in [2.24, 2.45) is 0 Å². The highest BCUT2D eigenvalue weighted by Gasteiger charge is 2.37. The maximum atomic E-state index is 13.6. The predicted octanol–water partition coefficient (Wildman–Crippen LogP) is 5.58. The molecule has 1 N–H and O–H groups in total. The van der Waals surface area contributed by atoms with Crippen LogP contribution < -0.4 is 23.8 Å². The topological polar surface area (TPSA) is 94.2 Å². The zero-order chi connectivity index (χ0) is 29.9. The number of nitrogens with one attached hydrogen (secondary N) is 1. The maximum Gasteiger partial charge on any atom is 0.416 e. The highest BCUT2D eigenvalue weighted by atomic mass is 32.2. The second-order valence-corrected chi connectivity index (χ2v) is 9.93. The number of hydrogen-bond acceptors (Lipinski definition) is 6. The number of amides is 1. The van der Waals surface area contributed by atoms with Crippen LogP contribution in [0.5, 0.6) is 17.2 Å². The van der Waals surface area contributed by atoms with Crippen LogP contribution in [0, 0.1) is 0 Å². The van der Waals surface area contributed by atoms with E-state index in [2.05, 4.69) is 0 Å². The highest BCUT2D eigenvalue weighted by Crippen LogP contribution is 2.38. The third kappa shape index (κ3) is 6.89. The van der Waals surface area contributed by atoms with Crippen molar-refractivity contribution in [1.29, 1.82) is 0 Å². The van der Waals surface area contributed by atoms with Gasteiger partial charge in [-0.05, 0) is 54.6 Å². The zero-order valence-corrected chi connectivity index (χ0v) is 21.9. The van der Waals surface area contributed by atoms with Crippen LogP contribution >= 0.6 is 0 Å². The first-order valence-electron chi connectivity index (χ1n) is 11.1. The lowest BCUT2D eigenvalue weighted by Crippen LogP contribution is -2.38. The van der Waals surface area contributed by atoms with Crippen LogP contribution in [0.1, 0.15) is 11.1 Å². The molecule has 40 heavy (non-hydrogen) atoms. The van der Waals surface area contributed by atoms with Crippen molar-refractivity contribution < 1.29 is 53.8 Å². The Bertz CT molecular complexity index is 1440. The van der Waals surface area contributed by atoms with Gasteiger partial charge in [0.1, 0.15) is 12.3 Å². The maximum absolute atomic E-state index is 13.6. The summed E-state index contributed by atoms with van der Waals surface area (Å²) in [6.45, 7) is -1.01. The molecule has 3 rings (SSSR count). The number of methoxy groups -OCH3 is 3. The van der Waals surface area contributed by atoms with Crippen LogP contribution in [0.25, 0.3) is 0 Å². The fraction of sp³-hybridized carbons (Fsp3) is 0.240. The number of anilines is 2. The monoisotopic (exact) mass is 592 g/mol. The largest absolute Gasteiger partial charge is 0.497 e. The fourth-order valence-electron chi connectivity index (χ4n) is 3.53. The minimum atomic E-state index is -5.15. The van der Waals surface area contributed by atoms with Gasteiger partial charge in [0.25, 0.3) is 10.0 Å². The summed E-state index contributed by atoms with van der Waals surface area (Å²) >= 11 is 0. The Morgan fingerprint density at radius 2 is 1.32 bits per heavy atom. The van der Waals surface area contributed by atoms with Crippen LogP contribution in [0.15, 0.2) is 65.6 Å². The van der Waals surface area contributed by atoms with Gasteiger partial charge in [-0.25, -0.2) is 8.42 Å². The van der Waals surface area contributed by atoms with E-state index in [4.69, 9.17) is 14.2 Å². The van der Waals surface area contributed by atoms with E-state index in [9.17, 15) is 39.6 Å². The number of nitrogens with zero attached hydrogens (tertiary/aromatic N) is 1. The van der Waals surface area contributed by atoms with E-state index >= 15 is 0 Å². The number of carbonyl (C=O) groups excluding carboxylic acids is 1. The molecule has 0 fully saturated rings. The summed E-state index contributed by atoms with van der Waals surface area (Å²) in [6, 6.07) is 9.53. The van der Waals surface area contributed by atoms with Crippen LogP contribution in [0.2, 0.25) is 0 Å². The molecule has 0 unspecified atom stereocenters. The standard InChI is InChI=1S/C25H22F6N2O6S/c1-37-19-6-4-18(5-7-19)33(40(35,36)20-8-9-21(38-2)22(13-20)39-3)14-23(34)32-17-11-15(24(26,27)28)10-16(12-17)25(29,30)31/h4-13H,14H2,1-3H3,(H,32,34). The lowest BCUT2D eigenvalue weighted by molar-refractivity contribution is -0.143. The Morgan fingerprint density at radius 1 is 0.775 bits per heavy atom. The molecule has 0 aliphatic rings. The van der Waals surface area contributed by atoms with Gasteiger partial charge in [0.15, 0.2) is 11.5 Å². The number of sulfonamides is 1. The number of carbonyl (C=O) groups is 1. The van der Waals surface area contributed by atoms with Gasteiger partial charge < -0.3 is 19.5 Å². The molecule has 15 heteroatoms. The van der Waals surface area contributed by atoms with E-state index in [0.717, 1.165) is 6.07 Å². The van der Waals surface area contributed by atoms with Crippen molar-refractivity contribution in [3.8, 4) is 17.2 Å². The molecule has 3 aromatic carbocycles. The molecule has 0 radical (unpaired) electrons. The summed E-state index contributed by atoms with van der Waals surface area (Å²) in [7, 11) is -0.577. The Kier molecular flexibility index (Phi) is 8.77. The number of alkyl halides is 6. The molecule has 0 spiro atoms. The van der Waals surface area contributed by atoms with E-state index in [1.165, 1.54) is 57.7 Å². The minimum Gasteiger partial charge on any atom is -0.497 e. The molecule has 3 aromatic rings. The Labute approximate surface area is 225 Å². The average molecular weight is 593 g/mol. The van der Waals surface area contributed by atoms with E-state index in [-0.39, 0.29) is 28.1 Å². The third-order valence-corrected chi connectivity index (χ3v) is 7.23. The number of benzene rings is 3. The van der Waals surface area contributed by atoms with Gasteiger partial charge in [-0.3, -0.25) is 9.10 Å². The van der Waals surface area contributed by atoms with Gasteiger partial charge in [-0.2, -0.15) is 26.3 Å². The Morgan fingerprint density at radius 3 is 1.80 bits per heavy atom. The predicted molar refractivity (Wildman–Crippen MR) is 132 cm³/mol. The number of ether oxygens (including phenoxy) is 3. The molecular weight excluding hydrogens is 570 g/mol. The van der Waals surface area contributed by atoms with Crippen molar-refractivity contribution in [2.75, 3.05) is 37.5 Å². The highest BCUT2D eigenvalue weighted by molar-refractivity contribution is 7.92. The molecular formula is C25H22F6N2O6S. The van der Waals surface area contributed by atoms with E-state index in [0.29, 0.717) is 22.2 Å². The molecule has 0 atom stereocenters. The molecule has 0 aliphatic heterocycles. The van der Waals surface area contributed by atoms with Crippen molar-refractivity contribution in [3.63, 3.8) is 0 Å². The summed E-state index contributed by atoms with van der Waals surface area (Å²) in [5, 5.41) is 1.94. The first kappa shape index (κ1) is 30.4. The van der Waals surface area contributed by atoms with Crippen molar-refractivity contribution in [1.82, 2.24) is 0 Å². The third-order valence-electron chi connectivity index (χ3n) is 5.46. The second-order valence-electron chi connectivity index (χ2n) is 8.07. The molecule has 0 heterocycles. The summed E-state index contributed by atoms with van der Waals surface area (Å²) in [4.78, 5) is 12.6. The Hall–Kier alpha value is -4.14. The first-order valence-corrected chi connectivity index (χ1v) is 12.5. The van der Waals surface area contributed by atoms with E-state index in [1.54, 1.807) is 0 Å². The van der Waals surface area contributed by atoms with Gasteiger partial charge in [-0.1, -0.05) is 0 Å². The SMILES string of the molecule is COc1ccc(N(CC(=O)Nc2cc(C(F)(F)F)cc(C(F)(F)F)c2)S(=O)(=O)c2ccc(OC)c(OC)c2)cc1. The van der Waals surface area contributed by atoms with Crippen LogP contribution in [-0.2, 0) is 27.2 Å². The van der Waals surface area contributed by atoms with Crippen LogP contribution in [-0.4, -0.2) is 42.2 Å². The van der Waals surface area contributed by atoms with Crippen molar-refractivity contribution in [2.45, 2.75) is 17.2 Å². The van der Waals surface area contributed by atoms with Gasteiger partial charge in [0.05, 0.1) is 43.0 Å². The van der Waals surface area contributed by atoms with Crippen molar-refractivity contribution in [3.05, 3.63) is 71.8 Å². The molecule has 0 bridgehead atoms. The average Bonchev–Trinajstić information content (AvgIpc) is 2.90. The molecule has 0 aromatic heterocycles. The normalized spacial score (nSPS) is 12.0.